The van der Waals surface area contributed by atoms with Crippen LogP contribution in [0.1, 0.15) is 32.6 Å². The second-order valence-corrected chi connectivity index (χ2v) is 5.03. The summed E-state index contributed by atoms with van der Waals surface area (Å²) in [5.41, 5.74) is 0. The Balaban J connectivity index is 4.35. The van der Waals surface area contributed by atoms with Crippen molar-refractivity contribution in [2.75, 3.05) is 0 Å². The molecule has 0 saturated heterocycles. The monoisotopic (exact) mass is 240 g/mol. The normalized spacial score (nSPS) is 13.9. The molecule has 0 aliphatic rings. The molecule has 7 heteroatoms. The highest BCUT2D eigenvalue weighted by molar-refractivity contribution is 7.87. The van der Waals surface area contributed by atoms with Crippen LogP contribution >= 0.6 is 0 Å². The number of carbonyl (C=O) groups excluding carboxylic acids is 1. The Kier molecular flexibility index (Phi) is 5.97. The lowest BCUT2D eigenvalue weighted by Crippen LogP contribution is -2.31. The van der Waals surface area contributed by atoms with Crippen LogP contribution in [0.3, 0.4) is 0 Å². The van der Waals surface area contributed by atoms with Crippen LogP contribution in [0.15, 0.2) is 0 Å². The number of carbonyl (C=O) groups is 1. The van der Waals surface area contributed by atoms with Crippen LogP contribution in [0, 0.1) is 0 Å². The minimum Gasteiger partial charge on any atom is -0.528 e. The van der Waals surface area contributed by atoms with Crippen molar-refractivity contribution >= 4 is 26.6 Å². The Morgan fingerprint density at radius 3 is 2.43 bits per heavy atom. The Bertz CT molecular complexity index is 274. The number of unbranched alkanes of at least 4 members (excludes halogenated alkanes) is 2. The second-order valence-electron chi connectivity index (χ2n) is 3.02. The van der Waals surface area contributed by atoms with Gasteiger partial charge in [-0.3, -0.25) is 9.35 Å². The molecule has 0 radical (unpaired) electrons. The maximum absolute atomic E-state index is 11.0. The summed E-state index contributed by atoms with van der Waals surface area (Å²) in [7, 11) is -4.17. The van der Waals surface area contributed by atoms with Gasteiger partial charge < -0.3 is 4.43 Å². The Labute approximate surface area is 87.1 Å². The van der Waals surface area contributed by atoms with Crippen molar-refractivity contribution in [2.45, 2.75) is 37.9 Å². The quantitative estimate of drug-likeness (QED) is 0.390. The highest BCUT2D eigenvalue weighted by atomic mass is 32.2. The smallest absolute Gasteiger partial charge is 0.312 e. The summed E-state index contributed by atoms with van der Waals surface area (Å²) in [6.45, 7) is 1.97. The highest BCUT2D eigenvalue weighted by Crippen LogP contribution is 2.11. The average Bonchev–Trinajstić information content (AvgIpc) is 2.09. The first-order valence-corrected chi connectivity index (χ1v) is 6.79. The minimum atomic E-state index is -4.31. The van der Waals surface area contributed by atoms with Crippen LogP contribution < -0.4 is 0 Å². The van der Waals surface area contributed by atoms with Crippen LogP contribution in [-0.4, -0.2) is 34.7 Å². The minimum absolute atomic E-state index is 0.133. The maximum Gasteiger partial charge on any atom is 0.312 e. The van der Waals surface area contributed by atoms with Gasteiger partial charge in [0.2, 0.25) is 10.5 Å². The van der Waals surface area contributed by atoms with E-state index in [1.807, 2.05) is 6.92 Å². The summed E-state index contributed by atoms with van der Waals surface area (Å²) in [6.07, 6.45) is 2.49. The van der Waals surface area contributed by atoms with E-state index in [0.29, 0.717) is 6.42 Å². The van der Waals surface area contributed by atoms with Gasteiger partial charge in [-0.25, -0.2) is 0 Å². The predicted octanol–water partition coefficient (Wildman–Crippen LogP) is -0.353. The fourth-order valence-corrected chi connectivity index (χ4v) is 2.36. The third-order valence-electron chi connectivity index (χ3n) is 1.89. The predicted molar refractivity (Wildman–Crippen MR) is 55.5 cm³/mol. The summed E-state index contributed by atoms with van der Waals surface area (Å²) in [5, 5.41) is -1.40. The summed E-state index contributed by atoms with van der Waals surface area (Å²) in [5.74, 6) is -0.838. The third kappa shape index (κ3) is 4.73. The number of hydrogen-bond donors (Lipinski definition) is 1. The van der Waals surface area contributed by atoms with Crippen molar-refractivity contribution in [1.82, 2.24) is 0 Å². The number of hydrogen-bond acceptors (Lipinski definition) is 4. The lowest BCUT2D eigenvalue weighted by Gasteiger charge is -2.11. The lowest BCUT2D eigenvalue weighted by atomic mass is 10.1. The van der Waals surface area contributed by atoms with Gasteiger partial charge in [-0.1, -0.05) is 26.2 Å². The zero-order valence-corrected chi connectivity index (χ0v) is 11.2. The van der Waals surface area contributed by atoms with Gasteiger partial charge in [0.25, 0.3) is 10.1 Å². The van der Waals surface area contributed by atoms with E-state index in [0.717, 1.165) is 12.8 Å². The second kappa shape index (κ2) is 6.15. The third-order valence-corrected chi connectivity index (χ3v) is 3.44. The summed E-state index contributed by atoms with van der Waals surface area (Å²) >= 11 is 0. The highest BCUT2D eigenvalue weighted by Gasteiger charge is 2.30. The molecule has 5 nitrogen and oxygen atoms in total. The summed E-state index contributed by atoms with van der Waals surface area (Å²) < 4.78 is 34.8. The van der Waals surface area contributed by atoms with E-state index in [4.69, 9.17) is 4.55 Å². The molecule has 0 aliphatic heterocycles. The zero-order chi connectivity index (χ0) is 11.2. The van der Waals surface area contributed by atoms with Gasteiger partial charge >= 0.3 is 5.97 Å². The van der Waals surface area contributed by atoms with Crippen molar-refractivity contribution in [3.63, 3.8) is 0 Å². The van der Waals surface area contributed by atoms with Crippen molar-refractivity contribution in [3.8, 4) is 0 Å². The standard InChI is InChI=1S/C7H16O5SSi/c1-2-3-4-5-6(7(8)12-14)13(9,10)11/h6H,2-5H2,1,14H3,(H,9,10,11). The molecule has 1 unspecified atom stereocenters. The van der Waals surface area contributed by atoms with Gasteiger partial charge in [0.15, 0.2) is 5.25 Å². The van der Waals surface area contributed by atoms with Gasteiger partial charge in [-0.05, 0) is 6.42 Å². The van der Waals surface area contributed by atoms with Gasteiger partial charge in [0, 0.05) is 0 Å². The molecule has 0 rings (SSSR count). The van der Waals surface area contributed by atoms with E-state index in [1.165, 1.54) is 0 Å². The molecular weight excluding hydrogens is 224 g/mol. The van der Waals surface area contributed by atoms with E-state index in [9.17, 15) is 13.2 Å². The molecule has 0 heterocycles. The Hall–Kier alpha value is -0.403. The zero-order valence-electron chi connectivity index (χ0n) is 8.39. The van der Waals surface area contributed by atoms with E-state index in [2.05, 4.69) is 4.43 Å². The topological polar surface area (TPSA) is 80.7 Å². The molecule has 0 aromatic rings. The average molecular weight is 240 g/mol. The fraction of sp³-hybridized carbons (Fsp3) is 0.857. The molecule has 1 atom stereocenters. The van der Waals surface area contributed by atoms with E-state index >= 15 is 0 Å². The largest absolute Gasteiger partial charge is 0.528 e. The first-order chi connectivity index (χ1) is 6.43. The maximum atomic E-state index is 11.0. The molecule has 1 N–H and O–H groups in total. The number of rotatable bonds is 6. The molecule has 84 valence electrons. The van der Waals surface area contributed by atoms with Gasteiger partial charge in [-0.15, -0.1) is 0 Å². The fourth-order valence-electron chi connectivity index (χ4n) is 1.10. The molecule has 14 heavy (non-hydrogen) atoms. The molecule has 0 saturated carbocycles. The van der Waals surface area contributed by atoms with Crippen molar-refractivity contribution < 1.29 is 22.2 Å². The molecule has 0 spiro atoms. The Morgan fingerprint density at radius 2 is 2.07 bits per heavy atom. The molecule has 0 bridgehead atoms. The molecule has 0 aromatic carbocycles. The first kappa shape index (κ1) is 13.6. The van der Waals surface area contributed by atoms with E-state index in [-0.39, 0.29) is 16.9 Å². The van der Waals surface area contributed by atoms with Crippen LogP contribution in [0.2, 0.25) is 0 Å². The first-order valence-electron chi connectivity index (χ1n) is 4.47. The van der Waals surface area contributed by atoms with Crippen molar-refractivity contribution in [3.05, 3.63) is 0 Å². The van der Waals surface area contributed by atoms with Crippen LogP contribution in [0.4, 0.5) is 0 Å². The van der Waals surface area contributed by atoms with Crippen LogP contribution in [0.25, 0.3) is 0 Å². The molecular formula is C7H16O5SSi. The van der Waals surface area contributed by atoms with E-state index in [1.54, 1.807) is 0 Å². The van der Waals surface area contributed by atoms with Gasteiger partial charge in [0.1, 0.15) is 0 Å². The molecule has 0 fully saturated rings. The van der Waals surface area contributed by atoms with Crippen LogP contribution in [0.5, 0.6) is 0 Å². The van der Waals surface area contributed by atoms with Crippen LogP contribution in [-0.2, 0) is 19.3 Å². The van der Waals surface area contributed by atoms with Gasteiger partial charge in [0.05, 0.1) is 0 Å². The van der Waals surface area contributed by atoms with Crippen molar-refractivity contribution in [1.29, 1.82) is 0 Å². The molecule has 0 aliphatic carbocycles. The van der Waals surface area contributed by atoms with Gasteiger partial charge in [-0.2, -0.15) is 8.42 Å². The van der Waals surface area contributed by atoms with Crippen molar-refractivity contribution in [2.24, 2.45) is 0 Å². The SMILES string of the molecule is CCCCCC(C(=O)O[SiH3])S(=O)(=O)O. The molecule has 0 aromatic heterocycles. The Morgan fingerprint density at radius 1 is 1.50 bits per heavy atom. The molecule has 0 amide bonds. The summed E-state index contributed by atoms with van der Waals surface area (Å²) in [6, 6.07) is 0. The lowest BCUT2D eigenvalue weighted by molar-refractivity contribution is -0.133. The summed E-state index contributed by atoms with van der Waals surface area (Å²) in [4.78, 5) is 11.0. The van der Waals surface area contributed by atoms with E-state index < -0.39 is 21.3 Å².